The standard InChI is InChI=1S/C26H28N2O2/c29-26(20-22-6-10-24(11-7-22)23-4-2-1-3-5-23)27-25-12-8-21(9-13-25)14-15-28-16-18-30-19-17-28/h1-13H,14-20H2,(H,27,29). The second-order valence-corrected chi connectivity index (χ2v) is 7.69. The van der Waals surface area contributed by atoms with E-state index in [4.69, 9.17) is 4.74 Å². The number of carbonyl (C=O) groups excluding carboxylic acids is 1. The van der Waals surface area contributed by atoms with Crippen LogP contribution in [0.25, 0.3) is 11.1 Å². The van der Waals surface area contributed by atoms with Gasteiger partial charge in [0.2, 0.25) is 5.91 Å². The van der Waals surface area contributed by atoms with Gasteiger partial charge in [-0.3, -0.25) is 9.69 Å². The van der Waals surface area contributed by atoms with Crippen LogP contribution in [0.15, 0.2) is 78.9 Å². The first-order valence-corrected chi connectivity index (χ1v) is 10.6. The van der Waals surface area contributed by atoms with Crippen LogP contribution in [0.3, 0.4) is 0 Å². The Morgan fingerprint density at radius 2 is 1.43 bits per heavy atom. The van der Waals surface area contributed by atoms with Crippen LogP contribution in [0.1, 0.15) is 11.1 Å². The summed E-state index contributed by atoms with van der Waals surface area (Å²) in [6.07, 6.45) is 1.38. The summed E-state index contributed by atoms with van der Waals surface area (Å²) in [6, 6.07) is 26.6. The number of carbonyl (C=O) groups is 1. The van der Waals surface area contributed by atoms with E-state index in [1.165, 1.54) is 11.1 Å². The molecule has 0 bridgehead atoms. The molecule has 1 heterocycles. The van der Waals surface area contributed by atoms with Gasteiger partial charge in [0.25, 0.3) is 0 Å². The minimum Gasteiger partial charge on any atom is -0.379 e. The van der Waals surface area contributed by atoms with E-state index < -0.39 is 0 Å². The molecule has 30 heavy (non-hydrogen) atoms. The van der Waals surface area contributed by atoms with Gasteiger partial charge in [-0.15, -0.1) is 0 Å². The zero-order valence-corrected chi connectivity index (χ0v) is 17.2. The lowest BCUT2D eigenvalue weighted by molar-refractivity contribution is -0.115. The summed E-state index contributed by atoms with van der Waals surface area (Å²) in [5.74, 6) is 0.00327. The molecule has 1 N–H and O–H groups in total. The molecule has 0 radical (unpaired) electrons. The van der Waals surface area contributed by atoms with Crippen LogP contribution >= 0.6 is 0 Å². The second-order valence-electron chi connectivity index (χ2n) is 7.69. The van der Waals surface area contributed by atoms with Gasteiger partial charge < -0.3 is 10.1 Å². The molecule has 154 valence electrons. The average Bonchev–Trinajstić information content (AvgIpc) is 2.80. The van der Waals surface area contributed by atoms with Crippen LogP contribution in [0.5, 0.6) is 0 Å². The maximum Gasteiger partial charge on any atom is 0.228 e. The Morgan fingerprint density at radius 3 is 2.13 bits per heavy atom. The van der Waals surface area contributed by atoms with E-state index in [0.717, 1.165) is 56.1 Å². The van der Waals surface area contributed by atoms with Crippen molar-refractivity contribution in [2.24, 2.45) is 0 Å². The summed E-state index contributed by atoms with van der Waals surface area (Å²) < 4.78 is 5.39. The molecule has 4 rings (SSSR count). The zero-order chi connectivity index (χ0) is 20.6. The molecule has 1 aliphatic heterocycles. The second kappa shape index (κ2) is 10.2. The first-order valence-electron chi connectivity index (χ1n) is 10.6. The smallest absolute Gasteiger partial charge is 0.228 e. The third kappa shape index (κ3) is 5.78. The molecule has 0 spiro atoms. The molecule has 1 fully saturated rings. The summed E-state index contributed by atoms with van der Waals surface area (Å²) in [4.78, 5) is 14.9. The number of rotatable bonds is 7. The highest BCUT2D eigenvalue weighted by Crippen LogP contribution is 2.19. The molecule has 3 aromatic carbocycles. The van der Waals surface area contributed by atoms with Gasteiger partial charge in [-0.25, -0.2) is 0 Å². The molecular weight excluding hydrogens is 372 g/mol. The Kier molecular flexibility index (Phi) is 6.91. The molecule has 0 saturated carbocycles. The SMILES string of the molecule is O=C(Cc1ccc(-c2ccccc2)cc1)Nc1ccc(CCN2CCOCC2)cc1. The van der Waals surface area contributed by atoms with Crippen LogP contribution < -0.4 is 5.32 Å². The maximum absolute atomic E-state index is 12.4. The first-order chi connectivity index (χ1) is 14.8. The van der Waals surface area contributed by atoms with Crippen LogP contribution in [0, 0.1) is 0 Å². The number of ether oxygens (including phenoxy) is 1. The van der Waals surface area contributed by atoms with E-state index in [1.807, 2.05) is 42.5 Å². The molecule has 3 aromatic rings. The predicted molar refractivity (Wildman–Crippen MR) is 122 cm³/mol. The summed E-state index contributed by atoms with van der Waals surface area (Å²) >= 11 is 0. The highest BCUT2D eigenvalue weighted by atomic mass is 16.5. The van der Waals surface area contributed by atoms with Gasteiger partial charge in [0, 0.05) is 25.3 Å². The van der Waals surface area contributed by atoms with Crippen molar-refractivity contribution in [2.45, 2.75) is 12.8 Å². The average molecular weight is 401 g/mol. The van der Waals surface area contributed by atoms with Crippen LogP contribution in [-0.2, 0) is 22.4 Å². The fourth-order valence-corrected chi connectivity index (χ4v) is 3.70. The highest BCUT2D eigenvalue weighted by molar-refractivity contribution is 5.92. The lowest BCUT2D eigenvalue weighted by Crippen LogP contribution is -2.37. The van der Waals surface area contributed by atoms with Crippen molar-refractivity contribution in [3.63, 3.8) is 0 Å². The highest BCUT2D eigenvalue weighted by Gasteiger charge is 2.10. The number of nitrogens with one attached hydrogen (secondary N) is 1. The molecular formula is C26H28N2O2. The molecule has 0 unspecified atom stereocenters. The topological polar surface area (TPSA) is 41.6 Å². The van der Waals surface area contributed by atoms with Gasteiger partial charge in [-0.2, -0.15) is 0 Å². The van der Waals surface area contributed by atoms with Gasteiger partial charge in [0.05, 0.1) is 19.6 Å². The van der Waals surface area contributed by atoms with Crippen molar-refractivity contribution in [3.05, 3.63) is 90.0 Å². The molecule has 1 aliphatic rings. The number of morpholine rings is 1. The Labute approximate surface area is 178 Å². The van der Waals surface area contributed by atoms with Crippen molar-refractivity contribution >= 4 is 11.6 Å². The van der Waals surface area contributed by atoms with Crippen LogP contribution in [0.2, 0.25) is 0 Å². The van der Waals surface area contributed by atoms with Gasteiger partial charge in [-0.1, -0.05) is 66.7 Å². The number of amides is 1. The predicted octanol–water partition coefficient (Wildman–Crippen LogP) is 4.41. The first kappa shape index (κ1) is 20.3. The number of benzene rings is 3. The normalized spacial score (nSPS) is 14.4. The fourth-order valence-electron chi connectivity index (χ4n) is 3.70. The number of anilines is 1. The largest absolute Gasteiger partial charge is 0.379 e. The lowest BCUT2D eigenvalue weighted by atomic mass is 10.0. The summed E-state index contributed by atoms with van der Waals surface area (Å²) in [7, 11) is 0. The summed E-state index contributed by atoms with van der Waals surface area (Å²) in [6.45, 7) is 4.74. The monoisotopic (exact) mass is 400 g/mol. The van der Waals surface area contributed by atoms with Gasteiger partial charge in [-0.05, 0) is 40.8 Å². The molecule has 1 saturated heterocycles. The van der Waals surface area contributed by atoms with E-state index >= 15 is 0 Å². The molecule has 0 aromatic heterocycles. The molecule has 0 aliphatic carbocycles. The van der Waals surface area contributed by atoms with Crippen molar-refractivity contribution in [1.82, 2.24) is 4.90 Å². The fraction of sp³-hybridized carbons (Fsp3) is 0.269. The Hall–Kier alpha value is -2.95. The van der Waals surface area contributed by atoms with Crippen molar-refractivity contribution < 1.29 is 9.53 Å². The minimum absolute atomic E-state index is 0.00327. The quantitative estimate of drug-likeness (QED) is 0.639. The number of nitrogens with zero attached hydrogens (tertiary/aromatic N) is 1. The summed E-state index contributed by atoms with van der Waals surface area (Å²) in [5, 5.41) is 3.00. The maximum atomic E-state index is 12.4. The number of hydrogen-bond donors (Lipinski definition) is 1. The van der Waals surface area contributed by atoms with E-state index in [2.05, 4.69) is 46.6 Å². The Balaban J connectivity index is 1.26. The van der Waals surface area contributed by atoms with Crippen LogP contribution in [-0.4, -0.2) is 43.7 Å². The Morgan fingerprint density at radius 1 is 0.800 bits per heavy atom. The van der Waals surface area contributed by atoms with Crippen molar-refractivity contribution in [3.8, 4) is 11.1 Å². The van der Waals surface area contributed by atoms with E-state index in [9.17, 15) is 4.79 Å². The Bertz CT molecular complexity index is 931. The third-order valence-corrected chi connectivity index (χ3v) is 5.48. The molecule has 4 heteroatoms. The number of hydrogen-bond acceptors (Lipinski definition) is 3. The third-order valence-electron chi connectivity index (χ3n) is 5.48. The molecule has 0 atom stereocenters. The van der Waals surface area contributed by atoms with Gasteiger partial charge >= 0.3 is 0 Å². The van der Waals surface area contributed by atoms with Crippen LogP contribution in [0.4, 0.5) is 5.69 Å². The summed E-state index contributed by atoms with van der Waals surface area (Å²) in [5.41, 5.74) is 5.48. The van der Waals surface area contributed by atoms with E-state index in [0.29, 0.717) is 6.42 Å². The van der Waals surface area contributed by atoms with Crippen molar-refractivity contribution in [1.29, 1.82) is 0 Å². The minimum atomic E-state index is 0.00327. The molecule has 1 amide bonds. The molecule has 4 nitrogen and oxygen atoms in total. The van der Waals surface area contributed by atoms with Crippen molar-refractivity contribution in [2.75, 3.05) is 38.2 Å². The zero-order valence-electron chi connectivity index (χ0n) is 17.2. The van der Waals surface area contributed by atoms with Gasteiger partial charge in [0.15, 0.2) is 0 Å². The lowest BCUT2D eigenvalue weighted by Gasteiger charge is -2.26. The van der Waals surface area contributed by atoms with E-state index in [1.54, 1.807) is 0 Å². The van der Waals surface area contributed by atoms with E-state index in [-0.39, 0.29) is 5.91 Å². The van der Waals surface area contributed by atoms with Gasteiger partial charge in [0.1, 0.15) is 0 Å².